The number of hydrogen-bond donors (Lipinski definition) is 1. The van der Waals surface area contributed by atoms with E-state index in [2.05, 4.69) is 0 Å². The van der Waals surface area contributed by atoms with Crippen molar-refractivity contribution in [3.63, 3.8) is 0 Å². The first-order valence-electron chi connectivity index (χ1n) is 9.94. The number of halogens is 1. The maximum atomic E-state index is 13.1. The normalized spacial score (nSPS) is 14.7. The number of thioether (sulfide) groups is 1. The molecule has 1 aliphatic heterocycles. The molecular formula is C25H18FNO5S. The molecular weight excluding hydrogens is 445 g/mol. The molecule has 6 nitrogen and oxygen atoms in total. The third-order valence-corrected chi connectivity index (χ3v) is 5.79. The molecule has 0 aliphatic carbocycles. The fourth-order valence-corrected chi connectivity index (χ4v) is 4.02. The zero-order chi connectivity index (χ0) is 23.4. The van der Waals surface area contributed by atoms with Crippen molar-refractivity contribution in [2.75, 3.05) is 0 Å². The Kier molecular flexibility index (Phi) is 6.55. The number of carboxylic acid groups (broad SMARTS) is 1. The average molecular weight is 463 g/mol. The fraction of sp³-hybridized carbons (Fsp3) is 0.0800. The van der Waals surface area contributed by atoms with Crippen LogP contribution in [-0.4, -0.2) is 27.1 Å². The Morgan fingerprint density at radius 1 is 1.00 bits per heavy atom. The quantitative estimate of drug-likeness (QED) is 0.476. The molecule has 0 aromatic heterocycles. The Labute approximate surface area is 193 Å². The highest BCUT2D eigenvalue weighted by molar-refractivity contribution is 8.18. The number of aromatic carboxylic acids is 1. The summed E-state index contributed by atoms with van der Waals surface area (Å²) in [6.07, 6.45) is 1.63. The lowest BCUT2D eigenvalue weighted by Gasteiger charge is -2.12. The summed E-state index contributed by atoms with van der Waals surface area (Å²) in [6.45, 7) is 0.293. The minimum absolute atomic E-state index is 0.0815. The van der Waals surface area contributed by atoms with E-state index in [4.69, 9.17) is 9.84 Å². The van der Waals surface area contributed by atoms with Gasteiger partial charge in [-0.25, -0.2) is 9.18 Å². The molecule has 8 heteroatoms. The van der Waals surface area contributed by atoms with Crippen LogP contribution in [0, 0.1) is 5.82 Å². The number of rotatable bonds is 7. The van der Waals surface area contributed by atoms with E-state index >= 15 is 0 Å². The van der Waals surface area contributed by atoms with Gasteiger partial charge in [-0.3, -0.25) is 14.5 Å². The van der Waals surface area contributed by atoms with Crippen LogP contribution in [-0.2, 0) is 17.9 Å². The number of imide groups is 1. The summed E-state index contributed by atoms with van der Waals surface area (Å²) in [5.41, 5.74) is 2.31. The number of carbonyl (C=O) groups excluding carboxylic acids is 2. The van der Waals surface area contributed by atoms with Gasteiger partial charge in [-0.1, -0.05) is 36.4 Å². The van der Waals surface area contributed by atoms with Crippen LogP contribution in [0.15, 0.2) is 77.7 Å². The Hall–Kier alpha value is -3.91. The summed E-state index contributed by atoms with van der Waals surface area (Å²) in [7, 11) is 0. The molecule has 2 amide bonds. The average Bonchev–Trinajstić information content (AvgIpc) is 3.07. The highest BCUT2D eigenvalue weighted by atomic mass is 32.2. The molecule has 4 rings (SSSR count). The van der Waals surface area contributed by atoms with Crippen molar-refractivity contribution in [2.45, 2.75) is 13.2 Å². The predicted molar refractivity (Wildman–Crippen MR) is 122 cm³/mol. The van der Waals surface area contributed by atoms with Gasteiger partial charge in [0, 0.05) is 0 Å². The predicted octanol–water partition coefficient (Wildman–Crippen LogP) is 5.34. The Bertz CT molecular complexity index is 1240. The van der Waals surface area contributed by atoms with E-state index in [0.717, 1.165) is 27.8 Å². The number of amides is 2. The van der Waals surface area contributed by atoms with Gasteiger partial charge >= 0.3 is 5.97 Å². The van der Waals surface area contributed by atoms with Crippen molar-refractivity contribution >= 4 is 35.0 Å². The number of carboxylic acids is 1. The summed E-state index contributed by atoms with van der Waals surface area (Å²) in [4.78, 5) is 37.5. The lowest BCUT2D eigenvalue weighted by molar-refractivity contribution is -0.123. The van der Waals surface area contributed by atoms with Crippen LogP contribution >= 0.6 is 11.8 Å². The SMILES string of the molecule is O=C(O)c1cccc(COc2ccc(/C=C3/SC(=O)N(Cc4ccc(F)cc4)C3=O)cc2)c1. The molecule has 3 aromatic rings. The summed E-state index contributed by atoms with van der Waals surface area (Å²) in [6, 6.07) is 19.2. The molecule has 1 N–H and O–H groups in total. The molecule has 0 saturated carbocycles. The van der Waals surface area contributed by atoms with Crippen molar-refractivity contribution in [2.24, 2.45) is 0 Å². The Morgan fingerprint density at radius 3 is 2.42 bits per heavy atom. The van der Waals surface area contributed by atoms with Crippen molar-refractivity contribution in [1.29, 1.82) is 0 Å². The molecule has 0 bridgehead atoms. The van der Waals surface area contributed by atoms with Gasteiger partial charge in [0.25, 0.3) is 11.1 Å². The van der Waals surface area contributed by atoms with Crippen LogP contribution in [0.4, 0.5) is 9.18 Å². The molecule has 166 valence electrons. The number of hydrogen-bond acceptors (Lipinski definition) is 5. The van der Waals surface area contributed by atoms with Crippen LogP contribution in [0.1, 0.15) is 27.0 Å². The van der Waals surface area contributed by atoms with Gasteiger partial charge in [0.05, 0.1) is 17.0 Å². The second kappa shape index (κ2) is 9.70. The van der Waals surface area contributed by atoms with E-state index < -0.39 is 11.9 Å². The van der Waals surface area contributed by atoms with Crippen molar-refractivity contribution in [3.8, 4) is 5.75 Å². The summed E-state index contributed by atoms with van der Waals surface area (Å²) in [5, 5.41) is 8.69. The topological polar surface area (TPSA) is 83.9 Å². The Balaban J connectivity index is 1.39. The van der Waals surface area contributed by atoms with Crippen LogP contribution in [0.5, 0.6) is 5.75 Å². The molecule has 3 aromatic carbocycles. The van der Waals surface area contributed by atoms with Gasteiger partial charge in [-0.2, -0.15) is 0 Å². The fourth-order valence-electron chi connectivity index (χ4n) is 3.18. The van der Waals surface area contributed by atoms with Crippen LogP contribution in [0.2, 0.25) is 0 Å². The summed E-state index contributed by atoms with van der Waals surface area (Å²) < 4.78 is 18.8. The van der Waals surface area contributed by atoms with Crippen molar-refractivity contribution in [3.05, 3.63) is 106 Å². The van der Waals surface area contributed by atoms with E-state index in [1.807, 2.05) is 0 Å². The van der Waals surface area contributed by atoms with Crippen molar-refractivity contribution < 1.29 is 28.6 Å². The molecule has 1 heterocycles. The van der Waals surface area contributed by atoms with E-state index in [-0.39, 0.29) is 29.8 Å². The standard InChI is InChI=1S/C25H18FNO5S/c26-20-8-4-17(5-9-20)14-27-23(28)22(33-25(27)31)13-16-6-10-21(11-7-16)32-15-18-2-1-3-19(12-18)24(29)30/h1-13H,14-15H2,(H,29,30)/b22-13+. The molecule has 0 radical (unpaired) electrons. The number of carbonyl (C=O) groups is 3. The lowest BCUT2D eigenvalue weighted by Crippen LogP contribution is -2.27. The molecule has 1 fully saturated rings. The largest absolute Gasteiger partial charge is 0.489 e. The van der Waals surface area contributed by atoms with E-state index in [0.29, 0.717) is 16.2 Å². The first-order chi connectivity index (χ1) is 15.9. The van der Waals surface area contributed by atoms with Gasteiger partial charge in [-0.05, 0) is 70.9 Å². The van der Waals surface area contributed by atoms with Gasteiger partial charge in [0.1, 0.15) is 18.2 Å². The Morgan fingerprint density at radius 2 is 1.73 bits per heavy atom. The maximum absolute atomic E-state index is 13.1. The third kappa shape index (κ3) is 5.48. The van der Waals surface area contributed by atoms with Crippen LogP contribution in [0.25, 0.3) is 6.08 Å². The molecule has 0 atom stereocenters. The first kappa shape index (κ1) is 22.3. The molecule has 0 spiro atoms. The first-order valence-corrected chi connectivity index (χ1v) is 10.8. The summed E-state index contributed by atoms with van der Waals surface area (Å²) in [5.74, 6) is -1.19. The highest BCUT2D eigenvalue weighted by Gasteiger charge is 2.34. The minimum atomic E-state index is -0.997. The van der Waals surface area contributed by atoms with Gasteiger partial charge < -0.3 is 9.84 Å². The third-order valence-electron chi connectivity index (χ3n) is 4.88. The highest BCUT2D eigenvalue weighted by Crippen LogP contribution is 2.33. The molecule has 1 aliphatic rings. The zero-order valence-corrected chi connectivity index (χ0v) is 18.0. The monoisotopic (exact) mass is 463 g/mol. The van der Waals surface area contributed by atoms with Crippen LogP contribution < -0.4 is 4.74 Å². The van der Waals surface area contributed by atoms with E-state index in [9.17, 15) is 18.8 Å². The summed E-state index contributed by atoms with van der Waals surface area (Å²) >= 11 is 0.860. The maximum Gasteiger partial charge on any atom is 0.335 e. The zero-order valence-electron chi connectivity index (χ0n) is 17.2. The van der Waals surface area contributed by atoms with E-state index in [1.165, 1.54) is 18.2 Å². The van der Waals surface area contributed by atoms with E-state index in [1.54, 1.807) is 60.7 Å². The van der Waals surface area contributed by atoms with Gasteiger partial charge in [0.2, 0.25) is 0 Å². The van der Waals surface area contributed by atoms with Gasteiger partial charge in [0.15, 0.2) is 0 Å². The van der Waals surface area contributed by atoms with Crippen molar-refractivity contribution in [1.82, 2.24) is 4.90 Å². The second-order valence-electron chi connectivity index (χ2n) is 7.26. The van der Waals surface area contributed by atoms with Gasteiger partial charge in [-0.15, -0.1) is 0 Å². The number of benzene rings is 3. The van der Waals surface area contributed by atoms with Crippen LogP contribution in [0.3, 0.4) is 0 Å². The number of nitrogens with zero attached hydrogens (tertiary/aromatic N) is 1. The molecule has 1 saturated heterocycles. The second-order valence-corrected chi connectivity index (χ2v) is 8.25. The molecule has 33 heavy (non-hydrogen) atoms. The minimum Gasteiger partial charge on any atom is -0.489 e. The molecule has 0 unspecified atom stereocenters. The lowest BCUT2D eigenvalue weighted by atomic mass is 10.1. The number of ether oxygens (including phenoxy) is 1. The smallest absolute Gasteiger partial charge is 0.335 e.